The van der Waals surface area contributed by atoms with Crippen LogP contribution in [0.3, 0.4) is 0 Å². The van der Waals surface area contributed by atoms with Crippen LogP contribution in [0.5, 0.6) is 0 Å². The third kappa shape index (κ3) is 3.59. The van der Waals surface area contributed by atoms with Gasteiger partial charge >= 0.3 is 0 Å². The van der Waals surface area contributed by atoms with E-state index in [1.165, 1.54) is 10.4 Å². The lowest BCUT2D eigenvalue weighted by Crippen LogP contribution is -2.43. The molecule has 1 aliphatic heterocycles. The van der Waals surface area contributed by atoms with Gasteiger partial charge < -0.3 is 10.5 Å². The molecule has 1 heterocycles. The Kier molecular flexibility index (Phi) is 5.29. The molecule has 0 saturated carbocycles. The minimum atomic E-state index is -3.53. The van der Waals surface area contributed by atoms with Crippen LogP contribution in [0.25, 0.3) is 0 Å². The van der Waals surface area contributed by atoms with E-state index in [-0.39, 0.29) is 11.0 Å². The van der Waals surface area contributed by atoms with Crippen LogP contribution < -0.4 is 5.73 Å². The summed E-state index contributed by atoms with van der Waals surface area (Å²) in [5.41, 5.74) is 6.95. The molecule has 2 N–H and O–H groups in total. The first kappa shape index (κ1) is 16.7. The molecule has 1 fully saturated rings. The van der Waals surface area contributed by atoms with Crippen molar-refractivity contribution >= 4 is 31.6 Å². The van der Waals surface area contributed by atoms with Gasteiger partial charge in [-0.3, -0.25) is 0 Å². The quantitative estimate of drug-likeness (QED) is 0.819. The summed E-state index contributed by atoms with van der Waals surface area (Å²) in [6.07, 6.45) is 1.70. The van der Waals surface area contributed by atoms with Crippen molar-refractivity contribution in [3.63, 3.8) is 0 Å². The number of nitrogens with zero attached hydrogens (tertiary/aromatic N) is 1. The van der Waals surface area contributed by atoms with E-state index in [9.17, 15) is 8.42 Å². The molecular formula is C14H21BrN2O3S. The first-order valence-corrected chi connectivity index (χ1v) is 9.27. The van der Waals surface area contributed by atoms with Gasteiger partial charge in [0.25, 0.3) is 0 Å². The fourth-order valence-electron chi connectivity index (χ4n) is 2.58. The second-order valence-corrected chi connectivity index (χ2v) is 7.98. The van der Waals surface area contributed by atoms with Crippen molar-refractivity contribution in [2.75, 3.05) is 25.4 Å². The van der Waals surface area contributed by atoms with Gasteiger partial charge in [-0.25, -0.2) is 8.42 Å². The van der Waals surface area contributed by atoms with E-state index in [2.05, 4.69) is 15.9 Å². The minimum Gasteiger partial charge on any atom is -0.398 e. The maximum atomic E-state index is 12.8. The number of hydrogen-bond donors (Lipinski definition) is 1. The van der Waals surface area contributed by atoms with Crippen LogP contribution in [0.2, 0.25) is 0 Å². The summed E-state index contributed by atoms with van der Waals surface area (Å²) in [5.74, 6) is 0. The maximum absolute atomic E-state index is 12.8. The molecule has 7 heteroatoms. The maximum Gasteiger partial charge on any atom is 0.243 e. The largest absolute Gasteiger partial charge is 0.398 e. The zero-order valence-corrected chi connectivity index (χ0v) is 14.7. The molecule has 0 spiro atoms. The Hall–Kier alpha value is -0.630. The third-order valence-electron chi connectivity index (χ3n) is 3.66. The van der Waals surface area contributed by atoms with Gasteiger partial charge in [-0.2, -0.15) is 4.31 Å². The van der Waals surface area contributed by atoms with E-state index in [4.69, 9.17) is 10.5 Å². The highest BCUT2D eigenvalue weighted by Crippen LogP contribution is 2.30. The van der Waals surface area contributed by atoms with Crippen LogP contribution in [0.1, 0.15) is 25.3 Å². The lowest BCUT2D eigenvalue weighted by molar-refractivity contribution is 0.0265. The molecule has 0 amide bonds. The fraction of sp³-hybridized carbons (Fsp3) is 0.571. The van der Waals surface area contributed by atoms with Gasteiger partial charge in [0.1, 0.15) is 0 Å². The molecule has 1 aliphatic rings. The predicted molar refractivity (Wildman–Crippen MR) is 86.7 cm³/mol. The third-order valence-corrected chi connectivity index (χ3v) is 6.35. The van der Waals surface area contributed by atoms with Crippen molar-refractivity contribution in [1.82, 2.24) is 4.31 Å². The van der Waals surface area contributed by atoms with Crippen LogP contribution >= 0.6 is 15.9 Å². The number of nitrogens with two attached hydrogens (primary N) is 1. The van der Waals surface area contributed by atoms with E-state index in [1.54, 1.807) is 13.0 Å². The second-order valence-electron chi connectivity index (χ2n) is 5.22. The highest BCUT2D eigenvalue weighted by atomic mass is 79.9. The van der Waals surface area contributed by atoms with E-state index in [0.29, 0.717) is 35.4 Å². The average Bonchev–Trinajstić information content (AvgIpc) is 2.43. The highest BCUT2D eigenvalue weighted by Gasteiger charge is 2.31. The van der Waals surface area contributed by atoms with Gasteiger partial charge in [-0.05, 0) is 60.3 Å². The van der Waals surface area contributed by atoms with E-state index in [1.807, 2.05) is 6.92 Å². The van der Waals surface area contributed by atoms with Crippen molar-refractivity contribution in [3.05, 3.63) is 22.2 Å². The molecule has 2 rings (SSSR count). The molecular weight excluding hydrogens is 356 g/mol. The van der Waals surface area contributed by atoms with Gasteiger partial charge in [-0.15, -0.1) is 0 Å². The number of hydrogen-bond acceptors (Lipinski definition) is 4. The molecule has 1 aromatic rings. The Morgan fingerprint density at radius 2 is 2.19 bits per heavy atom. The van der Waals surface area contributed by atoms with Crippen LogP contribution in [0.4, 0.5) is 5.69 Å². The Morgan fingerprint density at radius 1 is 1.48 bits per heavy atom. The van der Waals surface area contributed by atoms with Crippen molar-refractivity contribution in [2.24, 2.45) is 0 Å². The summed E-state index contributed by atoms with van der Waals surface area (Å²) >= 11 is 3.32. The molecule has 0 bridgehead atoms. The number of anilines is 1. The standard InChI is InChI=1S/C14H21BrN2O3S/c1-3-20-11-5-4-6-17(9-11)21(18,19)14-8-13(16)12(15)7-10(14)2/h7-8,11H,3-6,9,16H2,1-2H3. The SMILES string of the molecule is CCOC1CCCN(S(=O)(=O)c2cc(N)c(Br)cc2C)C1. The molecule has 0 radical (unpaired) electrons. The van der Waals surface area contributed by atoms with Gasteiger partial charge in [0.15, 0.2) is 0 Å². The highest BCUT2D eigenvalue weighted by molar-refractivity contribution is 9.10. The number of benzene rings is 1. The smallest absolute Gasteiger partial charge is 0.243 e. The van der Waals surface area contributed by atoms with Gasteiger partial charge in [0.2, 0.25) is 10.0 Å². The lowest BCUT2D eigenvalue weighted by Gasteiger charge is -2.32. The Morgan fingerprint density at radius 3 is 2.86 bits per heavy atom. The predicted octanol–water partition coefficient (Wildman–Crippen LogP) is 2.53. The first-order valence-electron chi connectivity index (χ1n) is 7.03. The summed E-state index contributed by atoms with van der Waals surface area (Å²) in [4.78, 5) is 0.278. The summed E-state index contributed by atoms with van der Waals surface area (Å²) in [6.45, 7) is 5.24. The topological polar surface area (TPSA) is 72.6 Å². The molecule has 1 saturated heterocycles. The van der Waals surface area contributed by atoms with Crippen LogP contribution in [-0.4, -0.2) is 38.5 Å². The number of nitrogen functional groups attached to an aromatic ring is 1. The number of ether oxygens (including phenoxy) is 1. The van der Waals surface area contributed by atoms with Gasteiger partial charge in [0.05, 0.1) is 11.0 Å². The van der Waals surface area contributed by atoms with Gasteiger partial charge in [-0.1, -0.05) is 0 Å². The fourth-order valence-corrected chi connectivity index (χ4v) is 4.79. The Bertz CT molecular complexity index is 617. The summed E-state index contributed by atoms with van der Waals surface area (Å²) < 4.78 is 33.4. The zero-order valence-electron chi connectivity index (χ0n) is 12.3. The Labute approximate surface area is 134 Å². The number of halogens is 1. The monoisotopic (exact) mass is 376 g/mol. The minimum absolute atomic E-state index is 0.0216. The number of aryl methyl sites for hydroxylation is 1. The normalized spacial score (nSPS) is 20.6. The molecule has 0 aliphatic carbocycles. The van der Waals surface area contributed by atoms with Crippen molar-refractivity contribution in [2.45, 2.75) is 37.7 Å². The van der Waals surface area contributed by atoms with E-state index in [0.717, 1.165) is 12.8 Å². The average molecular weight is 377 g/mol. The molecule has 21 heavy (non-hydrogen) atoms. The molecule has 118 valence electrons. The molecule has 1 unspecified atom stereocenters. The van der Waals surface area contributed by atoms with Crippen molar-refractivity contribution < 1.29 is 13.2 Å². The summed E-state index contributed by atoms with van der Waals surface area (Å²) in [5, 5.41) is 0. The molecule has 0 aromatic heterocycles. The molecule has 1 aromatic carbocycles. The summed E-state index contributed by atoms with van der Waals surface area (Å²) in [6, 6.07) is 3.27. The van der Waals surface area contributed by atoms with Crippen LogP contribution in [-0.2, 0) is 14.8 Å². The first-order chi connectivity index (χ1) is 9.86. The van der Waals surface area contributed by atoms with Crippen LogP contribution in [0, 0.1) is 6.92 Å². The second kappa shape index (κ2) is 6.64. The number of sulfonamides is 1. The Balaban J connectivity index is 2.31. The molecule has 1 atom stereocenters. The zero-order chi connectivity index (χ0) is 15.6. The van der Waals surface area contributed by atoms with Crippen molar-refractivity contribution in [3.8, 4) is 0 Å². The van der Waals surface area contributed by atoms with E-state index < -0.39 is 10.0 Å². The van der Waals surface area contributed by atoms with E-state index >= 15 is 0 Å². The van der Waals surface area contributed by atoms with Crippen LogP contribution in [0.15, 0.2) is 21.5 Å². The van der Waals surface area contributed by atoms with Gasteiger partial charge in [0, 0.05) is 29.9 Å². The molecule has 5 nitrogen and oxygen atoms in total. The number of piperidine rings is 1. The lowest BCUT2D eigenvalue weighted by atomic mass is 10.1. The number of rotatable bonds is 4. The summed E-state index contributed by atoms with van der Waals surface area (Å²) in [7, 11) is -3.53. The van der Waals surface area contributed by atoms with Crippen molar-refractivity contribution in [1.29, 1.82) is 0 Å².